The second kappa shape index (κ2) is 11.0. The van der Waals surface area contributed by atoms with E-state index in [1.54, 1.807) is 0 Å². The summed E-state index contributed by atoms with van der Waals surface area (Å²) in [6.07, 6.45) is 0. The average molecular weight is 508 g/mol. The van der Waals surface area contributed by atoms with E-state index in [-0.39, 0.29) is 6.71 Å². The van der Waals surface area contributed by atoms with Crippen molar-refractivity contribution in [2.45, 2.75) is 41.5 Å². The third-order valence-electron chi connectivity index (χ3n) is 7.72. The fourth-order valence-corrected chi connectivity index (χ4v) is 9.20. The van der Waals surface area contributed by atoms with E-state index in [2.05, 4.69) is 151 Å². The van der Waals surface area contributed by atoms with E-state index >= 15 is 0 Å². The lowest BCUT2D eigenvalue weighted by Gasteiger charge is -2.28. The lowest BCUT2D eigenvalue weighted by molar-refractivity contribution is 1.34. The van der Waals surface area contributed by atoms with E-state index in [0.717, 1.165) is 0 Å². The minimum atomic E-state index is -1.23. The highest BCUT2D eigenvalue weighted by Gasteiger charge is 2.33. The highest BCUT2D eigenvalue weighted by molar-refractivity contribution is 7.04. The molecule has 0 unspecified atom stereocenters. The largest absolute Gasteiger partial charge is 0.242 e. The first-order chi connectivity index (χ1) is 18.3. The van der Waals surface area contributed by atoms with E-state index in [9.17, 15) is 0 Å². The van der Waals surface area contributed by atoms with Crippen molar-refractivity contribution in [3.05, 3.63) is 143 Å². The molecule has 0 saturated heterocycles. The Morgan fingerprint density at radius 1 is 0.447 bits per heavy atom. The summed E-state index contributed by atoms with van der Waals surface area (Å²) in [6, 6.07) is 41.0. The second-order valence-electron chi connectivity index (χ2n) is 10.8. The maximum Gasteiger partial charge on any atom is 0.242 e. The number of hydrogen-bond donors (Lipinski definition) is 0. The van der Waals surface area contributed by atoms with Crippen LogP contribution in [0.1, 0.15) is 33.4 Å². The molecule has 0 amide bonds. The van der Waals surface area contributed by atoms with Gasteiger partial charge in [-0.3, -0.25) is 0 Å². The van der Waals surface area contributed by atoms with Crippen LogP contribution < -0.4 is 31.9 Å². The zero-order valence-corrected chi connectivity index (χ0v) is 24.5. The van der Waals surface area contributed by atoms with Gasteiger partial charge in [-0.25, -0.2) is 0 Å². The first-order valence-electron chi connectivity index (χ1n) is 13.6. The van der Waals surface area contributed by atoms with Crippen molar-refractivity contribution in [1.29, 1.82) is 0 Å². The van der Waals surface area contributed by atoms with E-state index < -0.39 is 8.80 Å². The topological polar surface area (TPSA) is 0 Å². The molecule has 0 aromatic heterocycles. The Hall–Kier alpha value is -3.62. The van der Waals surface area contributed by atoms with Crippen LogP contribution in [-0.4, -0.2) is 15.5 Å². The molecule has 0 nitrogen and oxygen atoms in total. The molecular weight excluding hydrogens is 471 g/mol. The molecule has 0 atom stereocenters. The summed E-state index contributed by atoms with van der Waals surface area (Å²) in [5, 5.41) is 4.31. The Morgan fingerprint density at radius 3 is 1.24 bits per heavy atom. The fourth-order valence-electron chi connectivity index (χ4n) is 6.41. The van der Waals surface area contributed by atoms with E-state index in [1.165, 1.54) is 65.3 Å². The Balaban J connectivity index is 1.85. The number of hydrogen-bond acceptors (Lipinski definition) is 0. The minimum absolute atomic E-state index is 0.167. The van der Waals surface area contributed by atoms with Gasteiger partial charge in [0.05, 0.1) is 0 Å². The average Bonchev–Trinajstić information content (AvgIpc) is 2.88. The van der Waals surface area contributed by atoms with Crippen molar-refractivity contribution in [2.24, 2.45) is 0 Å². The smallest absolute Gasteiger partial charge is 0.0687 e. The van der Waals surface area contributed by atoms with Gasteiger partial charge in [0.15, 0.2) is 8.80 Å². The Bertz CT molecular complexity index is 1430. The Labute approximate surface area is 231 Å². The predicted octanol–water partition coefficient (Wildman–Crippen LogP) is 4.57. The van der Waals surface area contributed by atoms with Gasteiger partial charge in [0, 0.05) is 0 Å². The summed E-state index contributed by atoms with van der Waals surface area (Å²) < 4.78 is 0. The van der Waals surface area contributed by atoms with Gasteiger partial charge in [0.1, 0.15) is 0 Å². The van der Waals surface area contributed by atoms with Gasteiger partial charge in [0.25, 0.3) is 0 Å². The molecular formula is C36H36BSi. The van der Waals surface area contributed by atoms with Crippen LogP contribution in [0.3, 0.4) is 0 Å². The molecule has 5 aromatic rings. The third kappa shape index (κ3) is 5.06. The second-order valence-corrected chi connectivity index (χ2v) is 13.2. The molecule has 0 aliphatic heterocycles. The van der Waals surface area contributed by atoms with Crippen LogP contribution in [0.4, 0.5) is 0 Å². The number of rotatable bonds is 6. The van der Waals surface area contributed by atoms with Crippen LogP contribution in [0, 0.1) is 41.5 Å². The molecule has 0 heterocycles. The summed E-state index contributed by atoms with van der Waals surface area (Å²) in [5.74, 6) is 0. The summed E-state index contributed by atoms with van der Waals surface area (Å²) in [4.78, 5) is 0. The first kappa shape index (κ1) is 26.0. The molecule has 5 rings (SSSR count). The van der Waals surface area contributed by atoms with Crippen LogP contribution in [0.25, 0.3) is 0 Å². The molecule has 0 aliphatic rings. The van der Waals surface area contributed by atoms with Crippen LogP contribution in [0.15, 0.2) is 109 Å². The molecule has 0 N–H and O–H groups in total. The highest BCUT2D eigenvalue weighted by Crippen LogP contribution is 2.13. The maximum atomic E-state index is 2.40. The SMILES string of the molecule is Cc1cc(C)c(B(c2ccccc2[Si](c2ccccc2)c2ccccc2)c2c(C)cc(C)cc2C)c(C)c1. The van der Waals surface area contributed by atoms with E-state index in [0.29, 0.717) is 0 Å². The third-order valence-corrected chi connectivity index (χ3v) is 10.5. The first-order valence-corrected chi connectivity index (χ1v) is 15.1. The van der Waals surface area contributed by atoms with E-state index in [4.69, 9.17) is 0 Å². The van der Waals surface area contributed by atoms with Crippen LogP contribution in [0.5, 0.6) is 0 Å². The van der Waals surface area contributed by atoms with Gasteiger partial charge in [-0.2, -0.15) is 0 Å². The van der Waals surface area contributed by atoms with Crippen molar-refractivity contribution in [3.63, 3.8) is 0 Å². The molecule has 5 aromatic carbocycles. The molecule has 0 fully saturated rings. The van der Waals surface area contributed by atoms with Crippen LogP contribution in [-0.2, 0) is 0 Å². The fraction of sp³-hybridized carbons (Fsp3) is 0.167. The van der Waals surface area contributed by atoms with Crippen molar-refractivity contribution in [3.8, 4) is 0 Å². The van der Waals surface area contributed by atoms with Crippen LogP contribution >= 0.6 is 0 Å². The zero-order valence-electron chi connectivity index (χ0n) is 23.5. The Kier molecular flexibility index (Phi) is 7.54. The van der Waals surface area contributed by atoms with Crippen molar-refractivity contribution in [1.82, 2.24) is 0 Å². The van der Waals surface area contributed by atoms with Gasteiger partial charge in [0.2, 0.25) is 6.71 Å². The molecule has 38 heavy (non-hydrogen) atoms. The quantitative estimate of drug-likeness (QED) is 0.233. The van der Waals surface area contributed by atoms with Gasteiger partial charge in [-0.05, 0) is 41.5 Å². The molecule has 0 bridgehead atoms. The molecule has 187 valence electrons. The van der Waals surface area contributed by atoms with Crippen LogP contribution in [0.2, 0.25) is 0 Å². The van der Waals surface area contributed by atoms with Crippen molar-refractivity contribution < 1.29 is 0 Å². The normalized spacial score (nSPS) is 11.1. The van der Waals surface area contributed by atoms with Gasteiger partial charge >= 0.3 is 0 Å². The lowest BCUT2D eigenvalue weighted by Crippen LogP contribution is -2.66. The lowest BCUT2D eigenvalue weighted by atomic mass is 9.34. The van der Waals surface area contributed by atoms with Crippen molar-refractivity contribution in [2.75, 3.05) is 0 Å². The summed E-state index contributed by atoms with van der Waals surface area (Å²) in [7, 11) is -1.23. The highest BCUT2D eigenvalue weighted by atomic mass is 28.3. The van der Waals surface area contributed by atoms with E-state index in [1.807, 2.05) is 0 Å². The molecule has 0 spiro atoms. The standard InChI is InChI=1S/C36H36BSi/c1-25-21-27(3)35(28(4)22-25)37(36-29(5)23-26(2)24-30(36)6)33-19-13-14-20-34(33)38(31-15-9-7-10-16-31)32-17-11-8-12-18-32/h7-24H,1-6H3. The minimum Gasteiger partial charge on any atom is -0.0687 e. The number of benzene rings is 5. The maximum absolute atomic E-state index is 2.40. The van der Waals surface area contributed by atoms with Gasteiger partial charge in [-0.1, -0.05) is 175 Å². The molecule has 2 heteroatoms. The van der Waals surface area contributed by atoms with Gasteiger partial charge in [-0.15, -0.1) is 0 Å². The summed E-state index contributed by atoms with van der Waals surface area (Å²) in [6.45, 7) is 13.8. The molecule has 0 aliphatic carbocycles. The monoisotopic (exact) mass is 507 g/mol. The van der Waals surface area contributed by atoms with Crippen molar-refractivity contribution >= 4 is 47.5 Å². The predicted molar refractivity (Wildman–Crippen MR) is 170 cm³/mol. The number of aryl methyl sites for hydroxylation is 6. The van der Waals surface area contributed by atoms with Gasteiger partial charge < -0.3 is 0 Å². The molecule has 1 radical (unpaired) electrons. The zero-order chi connectivity index (χ0) is 26.8. The summed E-state index contributed by atoms with van der Waals surface area (Å²) in [5.41, 5.74) is 12.5. The molecule has 0 saturated carbocycles. The Morgan fingerprint density at radius 2 is 0.816 bits per heavy atom. The summed E-state index contributed by atoms with van der Waals surface area (Å²) >= 11 is 0.